The van der Waals surface area contributed by atoms with Gasteiger partial charge in [-0.05, 0) is 12.5 Å². The molecule has 0 aliphatic rings. The third-order valence-electron chi connectivity index (χ3n) is 2.79. The van der Waals surface area contributed by atoms with Crippen LogP contribution >= 0.6 is 0 Å². The highest BCUT2D eigenvalue weighted by atomic mass is 16.1. The lowest BCUT2D eigenvalue weighted by molar-refractivity contribution is 0.0981. The molecule has 2 aromatic rings. The first-order valence-electron chi connectivity index (χ1n) is 5.86. The fraction of sp³-hybridized carbons (Fsp3) is 0.385. The van der Waals surface area contributed by atoms with Crippen LogP contribution in [0.4, 0.5) is 0 Å². The van der Waals surface area contributed by atoms with E-state index in [1.807, 2.05) is 47.8 Å². The molecule has 0 radical (unpaired) electrons. The number of hydrogen-bond donors (Lipinski definition) is 0. The molecule has 0 aromatic carbocycles. The van der Waals surface area contributed by atoms with Crippen molar-refractivity contribution in [3.8, 4) is 0 Å². The van der Waals surface area contributed by atoms with Crippen LogP contribution in [0.25, 0.3) is 0 Å². The summed E-state index contributed by atoms with van der Waals surface area (Å²) < 4.78 is 3.97. The number of aryl methyl sites for hydroxylation is 1. The molecule has 0 aliphatic heterocycles. The number of rotatable bonds is 5. The molecule has 0 saturated carbocycles. The lowest BCUT2D eigenvalue weighted by Crippen LogP contribution is -2.04. The predicted octanol–water partition coefficient (Wildman–Crippen LogP) is 2.25. The molecule has 0 saturated heterocycles. The van der Waals surface area contributed by atoms with Gasteiger partial charge in [-0.15, -0.1) is 0 Å². The fourth-order valence-corrected chi connectivity index (χ4v) is 1.79. The molecule has 0 N–H and O–H groups in total. The first-order valence-corrected chi connectivity index (χ1v) is 5.86. The molecule has 0 fully saturated rings. The number of imidazole rings is 1. The Hall–Kier alpha value is -1.84. The molecule has 2 heterocycles. The van der Waals surface area contributed by atoms with Gasteiger partial charge in [0.15, 0.2) is 5.78 Å². The van der Waals surface area contributed by atoms with E-state index < -0.39 is 0 Å². The molecule has 0 aliphatic carbocycles. The second-order valence-corrected chi connectivity index (χ2v) is 4.20. The minimum Gasteiger partial charge on any atom is -0.346 e. The van der Waals surface area contributed by atoms with Crippen LogP contribution in [0.1, 0.15) is 35.9 Å². The Kier molecular flexibility index (Phi) is 3.42. The van der Waals surface area contributed by atoms with Crippen molar-refractivity contribution in [2.75, 3.05) is 0 Å². The smallest absolute Gasteiger partial charge is 0.164 e. The highest BCUT2D eigenvalue weighted by Gasteiger charge is 2.07. The second kappa shape index (κ2) is 4.99. The zero-order chi connectivity index (χ0) is 12.3. The van der Waals surface area contributed by atoms with E-state index in [0.717, 1.165) is 17.8 Å². The Labute approximate surface area is 101 Å². The quantitative estimate of drug-likeness (QED) is 0.740. The van der Waals surface area contributed by atoms with E-state index in [9.17, 15) is 4.79 Å². The normalized spacial score (nSPS) is 10.7. The lowest BCUT2D eigenvalue weighted by atomic mass is 10.1. The van der Waals surface area contributed by atoms with Crippen molar-refractivity contribution in [3.63, 3.8) is 0 Å². The zero-order valence-electron chi connectivity index (χ0n) is 10.3. The molecule has 4 heteroatoms. The van der Waals surface area contributed by atoms with Crippen molar-refractivity contribution in [3.05, 3.63) is 42.2 Å². The number of carbonyl (C=O) groups is 1. The van der Waals surface area contributed by atoms with E-state index >= 15 is 0 Å². The van der Waals surface area contributed by atoms with Crippen LogP contribution in [0.2, 0.25) is 0 Å². The summed E-state index contributed by atoms with van der Waals surface area (Å²) in [7, 11) is 1.97. The summed E-state index contributed by atoms with van der Waals surface area (Å²) in [6, 6.07) is 1.88. The fourth-order valence-electron chi connectivity index (χ4n) is 1.79. The van der Waals surface area contributed by atoms with Crippen molar-refractivity contribution in [1.82, 2.24) is 14.1 Å². The highest BCUT2D eigenvalue weighted by Crippen LogP contribution is 2.08. The van der Waals surface area contributed by atoms with Gasteiger partial charge in [-0.2, -0.15) is 0 Å². The van der Waals surface area contributed by atoms with E-state index in [-0.39, 0.29) is 5.78 Å². The number of ketones is 1. The standard InChI is InChI=1S/C13H17N3O/c1-3-4-12(17)11-5-7-16(9-11)10-13-14-6-8-15(13)2/h5-9H,3-4,10H2,1-2H3. The summed E-state index contributed by atoms with van der Waals surface area (Å²) in [5.41, 5.74) is 0.793. The SMILES string of the molecule is CCCC(=O)c1ccn(Cc2nccn2C)c1. The number of aromatic nitrogens is 3. The second-order valence-electron chi connectivity index (χ2n) is 4.20. The van der Waals surface area contributed by atoms with Gasteiger partial charge in [-0.25, -0.2) is 4.98 Å². The minimum atomic E-state index is 0.214. The maximum Gasteiger partial charge on any atom is 0.164 e. The van der Waals surface area contributed by atoms with Gasteiger partial charge in [0.25, 0.3) is 0 Å². The number of nitrogens with zero attached hydrogens (tertiary/aromatic N) is 3. The van der Waals surface area contributed by atoms with Crippen molar-refractivity contribution in [1.29, 1.82) is 0 Å². The average Bonchev–Trinajstić information content (AvgIpc) is 2.90. The molecule has 0 unspecified atom stereocenters. The van der Waals surface area contributed by atoms with Crippen LogP contribution in [0.15, 0.2) is 30.9 Å². The first-order chi connectivity index (χ1) is 8.20. The highest BCUT2D eigenvalue weighted by molar-refractivity contribution is 5.95. The molecule has 0 amide bonds. The minimum absolute atomic E-state index is 0.214. The molecule has 2 aromatic heterocycles. The van der Waals surface area contributed by atoms with Gasteiger partial charge >= 0.3 is 0 Å². The molecular formula is C13H17N3O. The van der Waals surface area contributed by atoms with Gasteiger partial charge in [-0.1, -0.05) is 6.92 Å². The predicted molar refractivity (Wildman–Crippen MR) is 66.0 cm³/mol. The Morgan fingerprint density at radius 2 is 2.24 bits per heavy atom. The Balaban J connectivity index is 2.09. The van der Waals surface area contributed by atoms with Crippen LogP contribution in [-0.4, -0.2) is 19.9 Å². The molecule has 90 valence electrons. The van der Waals surface area contributed by atoms with E-state index in [4.69, 9.17) is 0 Å². The van der Waals surface area contributed by atoms with Crippen LogP contribution in [0.3, 0.4) is 0 Å². The molecule has 0 bridgehead atoms. The monoisotopic (exact) mass is 231 g/mol. The zero-order valence-corrected chi connectivity index (χ0v) is 10.3. The maximum absolute atomic E-state index is 11.7. The average molecular weight is 231 g/mol. The molecule has 0 atom stereocenters. The van der Waals surface area contributed by atoms with Crippen molar-refractivity contribution >= 4 is 5.78 Å². The largest absolute Gasteiger partial charge is 0.346 e. The summed E-state index contributed by atoms with van der Waals surface area (Å²) in [6.45, 7) is 2.71. The van der Waals surface area contributed by atoms with Gasteiger partial charge < -0.3 is 9.13 Å². The van der Waals surface area contributed by atoms with Crippen molar-refractivity contribution in [2.45, 2.75) is 26.3 Å². The van der Waals surface area contributed by atoms with Crippen LogP contribution < -0.4 is 0 Å². The Bertz CT molecular complexity index is 510. The van der Waals surface area contributed by atoms with Gasteiger partial charge in [0.2, 0.25) is 0 Å². The number of hydrogen-bond acceptors (Lipinski definition) is 2. The van der Waals surface area contributed by atoms with E-state index in [1.54, 1.807) is 6.20 Å². The summed E-state index contributed by atoms with van der Waals surface area (Å²) in [6.07, 6.45) is 9.03. The van der Waals surface area contributed by atoms with Crippen molar-refractivity contribution < 1.29 is 4.79 Å². The molecule has 17 heavy (non-hydrogen) atoms. The van der Waals surface area contributed by atoms with Crippen LogP contribution in [0, 0.1) is 0 Å². The van der Waals surface area contributed by atoms with E-state index in [1.165, 1.54) is 0 Å². The van der Waals surface area contributed by atoms with Crippen LogP contribution in [0.5, 0.6) is 0 Å². The summed E-state index contributed by atoms with van der Waals surface area (Å²) >= 11 is 0. The summed E-state index contributed by atoms with van der Waals surface area (Å²) in [5, 5.41) is 0. The third-order valence-corrected chi connectivity index (χ3v) is 2.79. The van der Waals surface area contributed by atoms with Crippen LogP contribution in [-0.2, 0) is 13.6 Å². The maximum atomic E-state index is 11.7. The van der Waals surface area contributed by atoms with E-state index in [0.29, 0.717) is 13.0 Å². The number of Topliss-reactive ketones (excluding diaryl/α,β-unsaturated/α-hetero) is 1. The van der Waals surface area contributed by atoms with Gasteiger partial charge in [0.1, 0.15) is 5.82 Å². The van der Waals surface area contributed by atoms with Gasteiger partial charge in [0, 0.05) is 43.8 Å². The third kappa shape index (κ3) is 2.64. The summed E-state index contributed by atoms with van der Waals surface area (Å²) in [5.74, 6) is 1.20. The van der Waals surface area contributed by atoms with E-state index in [2.05, 4.69) is 4.98 Å². The molecule has 0 spiro atoms. The Morgan fingerprint density at radius 3 is 2.88 bits per heavy atom. The first kappa shape index (κ1) is 11.6. The number of carbonyl (C=O) groups excluding carboxylic acids is 1. The van der Waals surface area contributed by atoms with Gasteiger partial charge in [-0.3, -0.25) is 4.79 Å². The Morgan fingerprint density at radius 1 is 1.41 bits per heavy atom. The summed E-state index contributed by atoms with van der Waals surface area (Å²) in [4.78, 5) is 16.0. The topological polar surface area (TPSA) is 39.8 Å². The van der Waals surface area contributed by atoms with Crippen molar-refractivity contribution in [2.24, 2.45) is 7.05 Å². The molecule has 2 rings (SSSR count). The van der Waals surface area contributed by atoms with Gasteiger partial charge in [0.05, 0.1) is 6.54 Å². The molecular weight excluding hydrogens is 214 g/mol. The lowest BCUT2D eigenvalue weighted by Gasteiger charge is -2.02. The molecule has 4 nitrogen and oxygen atoms in total.